The van der Waals surface area contributed by atoms with E-state index in [1.165, 1.54) is 5.56 Å². The van der Waals surface area contributed by atoms with Gasteiger partial charge in [-0.1, -0.05) is 38.0 Å². The van der Waals surface area contributed by atoms with Gasteiger partial charge in [-0.3, -0.25) is 0 Å². The second kappa shape index (κ2) is 7.87. The number of pyridine rings is 1. The number of aliphatic hydroxyl groups excluding tert-OH is 1. The molecule has 0 saturated carbocycles. The molecule has 0 bridgehead atoms. The Balaban J connectivity index is 2.54. The van der Waals surface area contributed by atoms with Crippen LogP contribution in [0.25, 0.3) is 0 Å². The van der Waals surface area contributed by atoms with Gasteiger partial charge in [0.05, 0.1) is 13.2 Å². The highest BCUT2D eigenvalue weighted by Crippen LogP contribution is 2.40. The van der Waals surface area contributed by atoms with Crippen LogP contribution in [0.4, 0.5) is 0 Å². The minimum Gasteiger partial charge on any atom is -0.491 e. The van der Waals surface area contributed by atoms with Crippen molar-refractivity contribution in [3.05, 3.63) is 46.1 Å². The Kier molecular flexibility index (Phi) is 6.07. The minimum absolute atomic E-state index is 0.117. The van der Waals surface area contributed by atoms with E-state index in [0.717, 1.165) is 34.6 Å². The maximum Gasteiger partial charge on any atom is 0.263 e. The second-order valence-corrected chi connectivity index (χ2v) is 6.85. The van der Waals surface area contributed by atoms with Crippen LogP contribution in [0.2, 0.25) is 0 Å². The molecule has 0 amide bonds. The summed E-state index contributed by atoms with van der Waals surface area (Å²) in [5.74, 6) is 1.80. The van der Waals surface area contributed by atoms with Gasteiger partial charge in [0.2, 0.25) is 0 Å². The number of nitrogens with zero attached hydrogens (tertiary/aromatic N) is 1. The van der Waals surface area contributed by atoms with Crippen LogP contribution in [0.5, 0.6) is 17.4 Å². The van der Waals surface area contributed by atoms with Gasteiger partial charge in [0, 0.05) is 11.3 Å². The molecule has 0 radical (unpaired) electrons. The Bertz CT molecular complexity index is 732. The normalized spacial score (nSPS) is 13.4. The van der Waals surface area contributed by atoms with Crippen LogP contribution in [0, 0.1) is 33.6 Å². The van der Waals surface area contributed by atoms with Gasteiger partial charge in [0.25, 0.3) is 5.88 Å². The van der Waals surface area contributed by atoms with Crippen molar-refractivity contribution in [1.82, 2.24) is 4.98 Å². The first-order valence-electron chi connectivity index (χ1n) is 8.77. The summed E-state index contributed by atoms with van der Waals surface area (Å²) in [6.07, 6.45) is 0.252. The number of aliphatic hydroxyl groups is 1. The molecule has 0 spiro atoms. The Morgan fingerprint density at radius 1 is 1.04 bits per heavy atom. The second-order valence-electron chi connectivity index (χ2n) is 6.85. The number of aryl methyl sites for hydroxylation is 4. The molecular formula is C21H29NO3. The van der Waals surface area contributed by atoms with Gasteiger partial charge in [-0.25, -0.2) is 4.98 Å². The van der Waals surface area contributed by atoms with E-state index in [4.69, 9.17) is 9.47 Å². The van der Waals surface area contributed by atoms with Crippen molar-refractivity contribution in [1.29, 1.82) is 0 Å². The van der Waals surface area contributed by atoms with Crippen LogP contribution in [-0.2, 0) is 0 Å². The molecular weight excluding hydrogens is 314 g/mol. The molecule has 1 heterocycles. The molecule has 25 heavy (non-hydrogen) atoms. The number of hydrogen-bond acceptors (Lipinski definition) is 4. The molecule has 1 N–H and O–H groups in total. The highest BCUT2D eigenvalue weighted by Gasteiger charge is 2.24. The van der Waals surface area contributed by atoms with Gasteiger partial charge in [0.1, 0.15) is 5.75 Å². The Morgan fingerprint density at radius 3 is 2.16 bits per heavy atom. The monoisotopic (exact) mass is 343 g/mol. The van der Waals surface area contributed by atoms with Gasteiger partial charge < -0.3 is 14.6 Å². The third-order valence-electron chi connectivity index (χ3n) is 4.61. The summed E-state index contributed by atoms with van der Waals surface area (Å²) in [5.41, 5.74) is 4.80. The van der Waals surface area contributed by atoms with Crippen LogP contribution >= 0.6 is 0 Å². The van der Waals surface area contributed by atoms with Crippen molar-refractivity contribution in [2.24, 2.45) is 5.92 Å². The van der Waals surface area contributed by atoms with Crippen molar-refractivity contribution in [2.45, 2.75) is 54.1 Å². The average molecular weight is 343 g/mol. The highest BCUT2D eigenvalue weighted by molar-refractivity contribution is 5.50. The largest absolute Gasteiger partial charge is 0.491 e. The minimum atomic E-state index is -0.621. The summed E-state index contributed by atoms with van der Waals surface area (Å²) in [6, 6.07) is 6.04. The molecule has 2 atom stereocenters. The maximum absolute atomic E-state index is 10.7. The summed E-state index contributed by atoms with van der Waals surface area (Å²) in [4.78, 5) is 4.51. The van der Waals surface area contributed by atoms with Crippen molar-refractivity contribution in [2.75, 3.05) is 7.11 Å². The summed E-state index contributed by atoms with van der Waals surface area (Å²) in [6.45, 7) is 12.1. The number of rotatable bonds is 6. The van der Waals surface area contributed by atoms with E-state index in [1.807, 2.05) is 33.8 Å². The highest BCUT2D eigenvalue weighted by atomic mass is 16.5. The zero-order chi connectivity index (χ0) is 18.7. The Morgan fingerprint density at radius 2 is 1.64 bits per heavy atom. The average Bonchev–Trinajstić information content (AvgIpc) is 2.56. The molecule has 4 heteroatoms. The lowest BCUT2D eigenvalue weighted by Gasteiger charge is -2.22. The van der Waals surface area contributed by atoms with E-state index >= 15 is 0 Å². The van der Waals surface area contributed by atoms with Gasteiger partial charge in [-0.2, -0.15) is 0 Å². The molecule has 0 aliphatic rings. The molecule has 2 rings (SSSR count). The third kappa shape index (κ3) is 4.13. The molecule has 0 aliphatic heterocycles. The smallest absolute Gasteiger partial charge is 0.263 e. The lowest BCUT2D eigenvalue weighted by atomic mass is 9.95. The van der Waals surface area contributed by atoms with E-state index in [2.05, 4.69) is 31.0 Å². The molecule has 136 valence electrons. The fourth-order valence-electron chi connectivity index (χ4n) is 3.11. The van der Waals surface area contributed by atoms with Crippen molar-refractivity contribution in [3.8, 4) is 17.4 Å². The molecule has 0 aliphatic carbocycles. The Labute approximate surface area is 150 Å². The van der Waals surface area contributed by atoms with Gasteiger partial charge >= 0.3 is 0 Å². The molecule has 2 aromatic rings. The molecule has 0 saturated heterocycles. The molecule has 2 unspecified atom stereocenters. The van der Waals surface area contributed by atoms with E-state index in [0.29, 0.717) is 11.6 Å². The first kappa shape index (κ1) is 19.3. The number of aromatic nitrogens is 1. The molecule has 1 aromatic heterocycles. The number of methoxy groups -OCH3 is 1. The van der Waals surface area contributed by atoms with Crippen LogP contribution in [0.3, 0.4) is 0 Å². The third-order valence-corrected chi connectivity index (χ3v) is 4.61. The summed E-state index contributed by atoms with van der Waals surface area (Å²) >= 11 is 0. The Hall–Kier alpha value is -2.07. The first-order valence-corrected chi connectivity index (χ1v) is 8.77. The predicted octanol–water partition coefficient (Wildman–Crippen LogP) is 5.20. The fraction of sp³-hybridized carbons (Fsp3) is 0.476. The van der Waals surface area contributed by atoms with Crippen molar-refractivity contribution >= 4 is 0 Å². The molecule has 4 nitrogen and oxygen atoms in total. The molecule has 1 aromatic carbocycles. The zero-order valence-corrected chi connectivity index (χ0v) is 16.3. The van der Waals surface area contributed by atoms with E-state index < -0.39 is 6.10 Å². The van der Waals surface area contributed by atoms with Gasteiger partial charge in [-0.05, 0) is 50.8 Å². The number of benzene rings is 1. The lowest BCUT2D eigenvalue weighted by molar-refractivity contribution is 0.111. The summed E-state index contributed by atoms with van der Waals surface area (Å²) < 4.78 is 11.7. The van der Waals surface area contributed by atoms with E-state index in [-0.39, 0.29) is 5.92 Å². The van der Waals surface area contributed by atoms with Crippen LogP contribution in [0.15, 0.2) is 18.2 Å². The van der Waals surface area contributed by atoms with Crippen LogP contribution in [0.1, 0.15) is 54.3 Å². The van der Waals surface area contributed by atoms with Gasteiger partial charge in [-0.15, -0.1) is 0 Å². The first-order chi connectivity index (χ1) is 11.8. The lowest BCUT2D eigenvalue weighted by Crippen LogP contribution is -2.11. The quantitative estimate of drug-likeness (QED) is 0.783. The number of hydrogen-bond donors (Lipinski definition) is 1. The van der Waals surface area contributed by atoms with Gasteiger partial charge in [0.15, 0.2) is 5.75 Å². The zero-order valence-electron chi connectivity index (χ0n) is 16.3. The standard InChI is InChI=1S/C21H29NO3/c1-8-13(3)18(23)17-11-16(6)22-21(20(17)24-7)25-19-14(4)9-12(2)10-15(19)5/h9-11,13,18,23H,8H2,1-7H3. The topological polar surface area (TPSA) is 51.6 Å². The summed E-state index contributed by atoms with van der Waals surface area (Å²) in [5, 5.41) is 10.7. The van der Waals surface area contributed by atoms with Crippen LogP contribution < -0.4 is 9.47 Å². The molecule has 0 fully saturated rings. The van der Waals surface area contributed by atoms with Crippen molar-refractivity contribution < 1.29 is 14.6 Å². The van der Waals surface area contributed by atoms with Crippen molar-refractivity contribution in [3.63, 3.8) is 0 Å². The predicted molar refractivity (Wildman–Crippen MR) is 101 cm³/mol. The SMILES string of the molecule is CCC(C)C(O)c1cc(C)nc(Oc2c(C)cc(C)cc2C)c1OC. The summed E-state index contributed by atoms with van der Waals surface area (Å²) in [7, 11) is 1.58. The van der Waals surface area contributed by atoms with Crippen LogP contribution in [-0.4, -0.2) is 17.2 Å². The number of ether oxygens (including phenoxy) is 2. The fourth-order valence-corrected chi connectivity index (χ4v) is 3.11. The van der Waals surface area contributed by atoms with E-state index in [9.17, 15) is 5.11 Å². The maximum atomic E-state index is 10.7. The van der Waals surface area contributed by atoms with E-state index in [1.54, 1.807) is 7.11 Å².